The fraction of sp³-hybridized carbons (Fsp3) is 0.900. The minimum atomic E-state index is -3.18. The van der Waals surface area contributed by atoms with E-state index in [0.29, 0.717) is 19.6 Å². The van der Waals surface area contributed by atoms with Gasteiger partial charge in [-0.05, 0) is 19.8 Å². The molecule has 0 bridgehead atoms. The highest BCUT2D eigenvalue weighted by Gasteiger charge is 2.24. The molecule has 0 saturated carbocycles. The molecule has 96 valence electrons. The number of unbranched alkanes of at least 4 members (excludes halogenated alkanes) is 1. The molecular formula is C10H21O5P. The molecule has 0 aromatic heterocycles. The van der Waals surface area contributed by atoms with Gasteiger partial charge in [-0.25, -0.2) is 0 Å². The van der Waals surface area contributed by atoms with Gasteiger partial charge in [-0.1, -0.05) is 0 Å². The number of ketones is 1. The molecule has 0 spiro atoms. The molecule has 0 radical (unpaired) electrons. The molecule has 0 saturated heterocycles. The summed E-state index contributed by atoms with van der Waals surface area (Å²) >= 11 is 0. The number of rotatable bonds is 10. The maximum Gasteiger partial charge on any atom is 0.337 e. The minimum Gasteiger partial charge on any atom is -0.382 e. The number of ether oxygens (including phenoxy) is 1. The number of hydrogen-bond donors (Lipinski definition) is 0. The molecule has 0 aliphatic heterocycles. The van der Waals surface area contributed by atoms with Gasteiger partial charge in [0.05, 0.1) is 0 Å². The zero-order chi connectivity index (χ0) is 12.4. The van der Waals surface area contributed by atoms with Crippen molar-refractivity contribution in [3.8, 4) is 0 Å². The first-order chi connectivity index (χ1) is 7.58. The zero-order valence-electron chi connectivity index (χ0n) is 10.2. The lowest BCUT2D eigenvalue weighted by Gasteiger charge is -2.12. The molecule has 0 atom stereocenters. The number of Topliss-reactive ketones (excluding diaryl/α,β-unsaturated/α-hetero) is 1. The Morgan fingerprint density at radius 3 is 2.31 bits per heavy atom. The van der Waals surface area contributed by atoms with Crippen molar-refractivity contribution in [1.29, 1.82) is 0 Å². The first kappa shape index (κ1) is 15.8. The molecule has 6 heteroatoms. The van der Waals surface area contributed by atoms with Crippen LogP contribution in [0.3, 0.4) is 0 Å². The third kappa shape index (κ3) is 7.12. The average molecular weight is 252 g/mol. The topological polar surface area (TPSA) is 61.8 Å². The van der Waals surface area contributed by atoms with Crippen molar-refractivity contribution in [2.45, 2.75) is 26.2 Å². The highest BCUT2D eigenvalue weighted by Crippen LogP contribution is 2.46. The van der Waals surface area contributed by atoms with Crippen molar-refractivity contribution < 1.29 is 23.1 Å². The van der Waals surface area contributed by atoms with Gasteiger partial charge in [0.1, 0.15) is 11.9 Å². The van der Waals surface area contributed by atoms with Gasteiger partial charge in [-0.15, -0.1) is 0 Å². The highest BCUT2D eigenvalue weighted by molar-refractivity contribution is 7.54. The van der Waals surface area contributed by atoms with Crippen LogP contribution in [-0.2, 0) is 23.1 Å². The number of hydrogen-bond acceptors (Lipinski definition) is 5. The molecule has 0 aromatic rings. The number of carbonyl (C=O) groups excluding carboxylic acids is 1. The lowest BCUT2D eigenvalue weighted by atomic mass is 10.2. The van der Waals surface area contributed by atoms with E-state index in [2.05, 4.69) is 0 Å². The largest absolute Gasteiger partial charge is 0.382 e. The highest BCUT2D eigenvalue weighted by atomic mass is 31.2. The Kier molecular flexibility index (Phi) is 8.76. The van der Waals surface area contributed by atoms with Crippen LogP contribution in [0.25, 0.3) is 0 Å². The summed E-state index contributed by atoms with van der Waals surface area (Å²) < 4.78 is 26.1. The maximum atomic E-state index is 11.6. The molecule has 0 unspecified atom stereocenters. The second-order valence-electron chi connectivity index (χ2n) is 3.33. The fourth-order valence-corrected chi connectivity index (χ4v) is 2.17. The third-order valence-electron chi connectivity index (χ3n) is 2.12. The Balaban J connectivity index is 3.70. The number of carbonyl (C=O) groups is 1. The second-order valence-corrected chi connectivity index (χ2v) is 5.60. The standard InChI is InChI=1S/C10H21O5P/c1-4-15-8-6-5-7-10(11)9-16(12,13-2)14-3/h4-9H2,1-3H3. The molecule has 5 nitrogen and oxygen atoms in total. The normalized spacial score (nSPS) is 11.7. The Morgan fingerprint density at radius 2 is 1.81 bits per heavy atom. The van der Waals surface area contributed by atoms with Crippen LogP contribution in [0.1, 0.15) is 26.2 Å². The second kappa shape index (κ2) is 8.88. The van der Waals surface area contributed by atoms with Crippen molar-refractivity contribution >= 4 is 13.4 Å². The summed E-state index contributed by atoms with van der Waals surface area (Å²) in [5.74, 6) is -0.0940. The van der Waals surface area contributed by atoms with E-state index in [0.717, 1.165) is 12.8 Å². The van der Waals surface area contributed by atoms with Crippen molar-refractivity contribution in [2.24, 2.45) is 0 Å². The van der Waals surface area contributed by atoms with Crippen LogP contribution in [0, 0.1) is 0 Å². The van der Waals surface area contributed by atoms with Crippen LogP contribution in [-0.4, -0.2) is 39.4 Å². The van der Waals surface area contributed by atoms with E-state index in [1.165, 1.54) is 14.2 Å². The molecule has 0 heterocycles. The van der Waals surface area contributed by atoms with Crippen molar-refractivity contribution in [3.05, 3.63) is 0 Å². The Bertz CT molecular complexity index is 233. The predicted molar refractivity (Wildman–Crippen MR) is 61.8 cm³/mol. The van der Waals surface area contributed by atoms with Crippen LogP contribution >= 0.6 is 7.60 Å². The smallest absolute Gasteiger partial charge is 0.337 e. The molecule has 0 aromatic carbocycles. The van der Waals surface area contributed by atoms with Gasteiger partial charge in [0.2, 0.25) is 0 Å². The molecule has 0 amide bonds. The summed E-state index contributed by atoms with van der Waals surface area (Å²) in [5, 5.41) is 0. The minimum absolute atomic E-state index is 0.0940. The van der Waals surface area contributed by atoms with Gasteiger partial charge in [0.15, 0.2) is 0 Å². The Morgan fingerprint density at radius 1 is 1.19 bits per heavy atom. The SMILES string of the molecule is CCOCCCCC(=O)CP(=O)(OC)OC. The Hall–Kier alpha value is -0.220. The van der Waals surface area contributed by atoms with Gasteiger partial charge in [0, 0.05) is 33.9 Å². The molecular weight excluding hydrogens is 231 g/mol. The van der Waals surface area contributed by atoms with Crippen LogP contribution in [0.5, 0.6) is 0 Å². The molecule has 16 heavy (non-hydrogen) atoms. The summed E-state index contributed by atoms with van der Waals surface area (Å²) in [6, 6.07) is 0. The first-order valence-corrected chi connectivity index (χ1v) is 7.10. The molecule has 0 aliphatic rings. The molecule has 0 N–H and O–H groups in total. The maximum absolute atomic E-state index is 11.6. The monoisotopic (exact) mass is 252 g/mol. The third-order valence-corrected chi connectivity index (χ3v) is 3.98. The van der Waals surface area contributed by atoms with E-state index < -0.39 is 7.60 Å². The van der Waals surface area contributed by atoms with Crippen molar-refractivity contribution in [3.63, 3.8) is 0 Å². The van der Waals surface area contributed by atoms with E-state index in [1.807, 2.05) is 6.92 Å². The van der Waals surface area contributed by atoms with Gasteiger partial charge in [-0.3, -0.25) is 9.36 Å². The van der Waals surface area contributed by atoms with Crippen LogP contribution < -0.4 is 0 Å². The predicted octanol–water partition coefficient (Wildman–Crippen LogP) is 2.25. The lowest BCUT2D eigenvalue weighted by molar-refractivity contribution is -0.117. The Labute approximate surface area is 97.0 Å². The molecule has 0 rings (SSSR count). The average Bonchev–Trinajstić information content (AvgIpc) is 2.28. The summed E-state index contributed by atoms with van der Waals surface area (Å²) in [6.07, 6.45) is 1.83. The van der Waals surface area contributed by atoms with Crippen LogP contribution in [0.4, 0.5) is 0 Å². The quantitative estimate of drug-likeness (QED) is 0.441. The summed E-state index contributed by atoms with van der Waals surface area (Å²) in [6.45, 7) is 3.28. The van der Waals surface area contributed by atoms with E-state index in [1.54, 1.807) is 0 Å². The zero-order valence-corrected chi connectivity index (χ0v) is 11.1. The summed E-state index contributed by atoms with van der Waals surface area (Å²) in [4.78, 5) is 11.4. The fourth-order valence-electron chi connectivity index (χ4n) is 1.17. The van der Waals surface area contributed by atoms with E-state index in [9.17, 15) is 9.36 Å². The molecule has 0 fully saturated rings. The molecule has 0 aliphatic carbocycles. The van der Waals surface area contributed by atoms with Crippen LogP contribution in [0.15, 0.2) is 0 Å². The van der Waals surface area contributed by atoms with Crippen molar-refractivity contribution in [1.82, 2.24) is 0 Å². The van der Waals surface area contributed by atoms with Crippen molar-refractivity contribution in [2.75, 3.05) is 33.6 Å². The summed E-state index contributed by atoms with van der Waals surface area (Å²) in [7, 11) is -0.611. The van der Waals surface area contributed by atoms with Gasteiger partial charge in [-0.2, -0.15) is 0 Å². The summed E-state index contributed by atoms with van der Waals surface area (Å²) in [5.41, 5.74) is 0. The van der Waals surface area contributed by atoms with E-state index >= 15 is 0 Å². The lowest BCUT2D eigenvalue weighted by Crippen LogP contribution is -2.08. The van der Waals surface area contributed by atoms with Gasteiger partial charge in [0.25, 0.3) is 0 Å². The van der Waals surface area contributed by atoms with Gasteiger partial charge >= 0.3 is 7.60 Å². The first-order valence-electron chi connectivity index (χ1n) is 5.38. The van der Waals surface area contributed by atoms with Gasteiger partial charge < -0.3 is 13.8 Å². The van der Waals surface area contributed by atoms with E-state index in [4.69, 9.17) is 13.8 Å². The van der Waals surface area contributed by atoms with Crippen LogP contribution in [0.2, 0.25) is 0 Å². The van der Waals surface area contributed by atoms with E-state index in [-0.39, 0.29) is 11.9 Å².